The van der Waals surface area contributed by atoms with Crippen LogP contribution in [0.2, 0.25) is 0 Å². The number of carbonyl (C=O) groups is 2. The van der Waals surface area contributed by atoms with Crippen LogP contribution in [0.25, 0.3) is 0 Å². The molecule has 0 spiro atoms. The number of rotatable bonds is 4. The SMILES string of the molecule is COc1cccc(NC(=O)Nc2ccc3c(c2)N(C(=O)C(C)C)CCC3)c1. The van der Waals surface area contributed by atoms with E-state index in [4.69, 9.17) is 4.74 Å². The first kappa shape index (κ1) is 18.8. The number of nitrogens with one attached hydrogen (secondary N) is 2. The van der Waals surface area contributed by atoms with Gasteiger partial charge in [0.25, 0.3) is 0 Å². The highest BCUT2D eigenvalue weighted by Gasteiger charge is 2.24. The van der Waals surface area contributed by atoms with Gasteiger partial charge >= 0.3 is 6.03 Å². The summed E-state index contributed by atoms with van der Waals surface area (Å²) >= 11 is 0. The van der Waals surface area contributed by atoms with Crippen molar-refractivity contribution in [2.75, 3.05) is 29.2 Å². The Labute approximate surface area is 159 Å². The summed E-state index contributed by atoms with van der Waals surface area (Å²) < 4.78 is 5.16. The fourth-order valence-corrected chi connectivity index (χ4v) is 3.19. The minimum Gasteiger partial charge on any atom is -0.497 e. The second kappa shape index (κ2) is 8.12. The summed E-state index contributed by atoms with van der Waals surface area (Å²) in [5.41, 5.74) is 3.31. The smallest absolute Gasteiger partial charge is 0.323 e. The molecule has 0 bridgehead atoms. The van der Waals surface area contributed by atoms with Crippen LogP contribution >= 0.6 is 0 Å². The number of fused-ring (bicyclic) bond motifs is 1. The quantitative estimate of drug-likeness (QED) is 0.847. The van der Waals surface area contributed by atoms with Crippen molar-refractivity contribution in [1.82, 2.24) is 0 Å². The molecule has 1 aliphatic rings. The lowest BCUT2D eigenvalue weighted by Gasteiger charge is -2.31. The van der Waals surface area contributed by atoms with E-state index in [0.717, 1.165) is 24.1 Å². The van der Waals surface area contributed by atoms with Crippen molar-refractivity contribution in [2.45, 2.75) is 26.7 Å². The minimum atomic E-state index is -0.347. The predicted octanol–water partition coefficient (Wildman–Crippen LogP) is 4.27. The van der Waals surface area contributed by atoms with Gasteiger partial charge in [0.1, 0.15) is 5.75 Å². The van der Waals surface area contributed by atoms with E-state index in [1.165, 1.54) is 0 Å². The van der Waals surface area contributed by atoms with Crippen LogP contribution in [0.5, 0.6) is 5.75 Å². The third-order valence-corrected chi connectivity index (χ3v) is 4.55. The zero-order valence-electron chi connectivity index (χ0n) is 15.9. The molecule has 0 unspecified atom stereocenters. The maximum absolute atomic E-state index is 12.5. The molecule has 1 heterocycles. The Morgan fingerprint density at radius 1 is 1.07 bits per heavy atom. The fraction of sp³-hybridized carbons (Fsp3) is 0.333. The van der Waals surface area contributed by atoms with E-state index in [2.05, 4.69) is 10.6 Å². The van der Waals surface area contributed by atoms with E-state index in [9.17, 15) is 9.59 Å². The lowest BCUT2D eigenvalue weighted by Crippen LogP contribution is -2.38. The Kier molecular flexibility index (Phi) is 5.64. The first-order chi connectivity index (χ1) is 13.0. The van der Waals surface area contributed by atoms with Gasteiger partial charge in [-0.1, -0.05) is 26.0 Å². The van der Waals surface area contributed by atoms with Gasteiger partial charge in [0.05, 0.1) is 7.11 Å². The number of hydrogen-bond acceptors (Lipinski definition) is 3. The molecule has 0 atom stereocenters. The lowest BCUT2D eigenvalue weighted by molar-refractivity contribution is -0.121. The van der Waals surface area contributed by atoms with E-state index in [1.54, 1.807) is 19.2 Å². The third kappa shape index (κ3) is 4.39. The van der Waals surface area contributed by atoms with Gasteiger partial charge in [-0.3, -0.25) is 4.79 Å². The molecule has 142 valence electrons. The van der Waals surface area contributed by atoms with E-state index >= 15 is 0 Å². The number of hydrogen-bond donors (Lipinski definition) is 2. The average molecular weight is 367 g/mol. The van der Waals surface area contributed by atoms with Crippen molar-refractivity contribution in [1.29, 1.82) is 0 Å². The molecule has 3 rings (SSSR count). The van der Waals surface area contributed by atoms with Crippen molar-refractivity contribution >= 4 is 29.0 Å². The highest BCUT2D eigenvalue weighted by molar-refractivity contribution is 6.01. The molecule has 1 aliphatic heterocycles. The van der Waals surface area contributed by atoms with Gasteiger partial charge in [-0.15, -0.1) is 0 Å². The Hall–Kier alpha value is -3.02. The first-order valence-corrected chi connectivity index (χ1v) is 9.14. The van der Waals surface area contributed by atoms with Gasteiger partial charge < -0.3 is 20.3 Å². The largest absolute Gasteiger partial charge is 0.497 e. The molecule has 2 N–H and O–H groups in total. The normalized spacial score (nSPS) is 13.1. The van der Waals surface area contributed by atoms with Crippen LogP contribution in [0, 0.1) is 5.92 Å². The van der Waals surface area contributed by atoms with Crippen LogP contribution in [0.1, 0.15) is 25.8 Å². The topological polar surface area (TPSA) is 70.7 Å². The van der Waals surface area contributed by atoms with Gasteiger partial charge in [-0.25, -0.2) is 4.79 Å². The van der Waals surface area contributed by atoms with Crippen LogP contribution in [-0.2, 0) is 11.2 Å². The number of nitrogens with zero attached hydrogens (tertiary/aromatic N) is 1. The Morgan fingerprint density at radius 3 is 2.52 bits per heavy atom. The van der Waals surface area contributed by atoms with E-state index in [0.29, 0.717) is 23.7 Å². The maximum Gasteiger partial charge on any atom is 0.323 e. The summed E-state index contributed by atoms with van der Waals surface area (Å²) in [6.07, 6.45) is 1.89. The summed E-state index contributed by atoms with van der Waals surface area (Å²) in [5.74, 6) is 0.710. The van der Waals surface area contributed by atoms with E-state index in [1.807, 2.05) is 49.1 Å². The van der Waals surface area contributed by atoms with Gasteiger partial charge in [-0.05, 0) is 42.7 Å². The molecule has 0 aliphatic carbocycles. The lowest BCUT2D eigenvalue weighted by atomic mass is 9.99. The van der Waals surface area contributed by atoms with Gasteiger partial charge in [0.15, 0.2) is 0 Å². The standard InChI is InChI=1S/C21H25N3O3/c1-14(2)20(25)24-11-5-6-15-9-10-17(13-19(15)24)23-21(26)22-16-7-4-8-18(12-16)27-3/h4,7-10,12-14H,5-6,11H2,1-3H3,(H2,22,23,26). The molecule has 6 nitrogen and oxygen atoms in total. The van der Waals surface area contributed by atoms with Crippen molar-refractivity contribution in [2.24, 2.45) is 5.92 Å². The number of carbonyl (C=O) groups excluding carboxylic acids is 2. The molecule has 27 heavy (non-hydrogen) atoms. The highest BCUT2D eigenvalue weighted by Crippen LogP contribution is 2.31. The molecule has 0 saturated heterocycles. The fourth-order valence-electron chi connectivity index (χ4n) is 3.19. The summed E-state index contributed by atoms with van der Waals surface area (Å²) in [6, 6.07) is 12.5. The molecular formula is C21H25N3O3. The molecule has 0 aromatic heterocycles. The molecule has 2 aromatic carbocycles. The minimum absolute atomic E-state index is 0.0658. The second-order valence-corrected chi connectivity index (χ2v) is 6.90. The second-order valence-electron chi connectivity index (χ2n) is 6.90. The number of benzene rings is 2. The first-order valence-electron chi connectivity index (χ1n) is 9.14. The summed E-state index contributed by atoms with van der Waals surface area (Å²) in [4.78, 5) is 26.7. The summed E-state index contributed by atoms with van der Waals surface area (Å²) in [5, 5.41) is 5.62. The zero-order valence-corrected chi connectivity index (χ0v) is 15.9. The number of urea groups is 1. The molecule has 3 amide bonds. The van der Waals surface area contributed by atoms with Crippen LogP contribution in [0.15, 0.2) is 42.5 Å². The predicted molar refractivity (Wildman–Crippen MR) is 108 cm³/mol. The molecule has 0 saturated carbocycles. The molecule has 0 radical (unpaired) electrons. The van der Waals surface area contributed by atoms with Gasteiger partial charge in [0.2, 0.25) is 5.91 Å². The zero-order chi connectivity index (χ0) is 19.4. The summed E-state index contributed by atoms with van der Waals surface area (Å²) in [6.45, 7) is 4.52. The average Bonchev–Trinajstić information content (AvgIpc) is 2.66. The maximum atomic E-state index is 12.5. The van der Waals surface area contributed by atoms with Crippen molar-refractivity contribution in [3.05, 3.63) is 48.0 Å². The molecule has 0 fully saturated rings. The summed E-state index contributed by atoms with van der Waals surface area (Å²) in [7, 11) is 1.58. The van der Waals surface area contributed by atoms with Crippen LogP contribution < -0.4 is 20.3 Å². The highest BCUT2D eigenvalue weighted by atomic mass is 16.5. The van der Waals surface area contributed by atoms with Crippen molar-refractivity contribution in [3.63, 3.8) is 0 Å². The number of aryl methyl sites for hydroxylation is 1. The molecule has 2 aromatic rings. The number of ether oxygens (including phenoxy) is 1. The van der Waals surface area contributed by atoms with Crippen LogP contribution in [-0.4, -0.2) is 25.6 Å². The van der Waals surface area contributed by atoms with Crippen molar-refractivity contribution in [3.8, 4) is 5.75 Å². The Morgan fingerprint density at radius 2 is 1.81 bits per heavy atom. The van der Waals surface area contributed by atoms with Crippen LogP contribution in [0.3, 0.4) is 0 Å². The third-order valence-electron chi connectivity index (χ3n) is 4.55. The molecule has 6 heteroatoms. The van der Waals surface area contributed by atoms with E-state index in [-0.39, 0.29) is 17.9 Å². The Bertz CT molecular complexity index is 848. The number of anilines is 3. The van der Waals surface area contributed by atoms with Gasteiger partial charge in [0, 0.05) is 35.6 Å². The molecular weight excluding hydrogens is 342 g/mol. The Balaban J connectivity index is 1.75. The van der Waals surface area contributed by atoms with Crippen molar-refractivity contribution < 1.29 is 14.3 Å². The monoisotopic (exact) mass is 367 g/mol. The van der Waals surface area contributed by atoms with Gasteiger partial charge in [-0.2, -0.15) is 0 Å². The van der Waals surface area contributed by atoms with Crippen LogP contribution in [0.4, 0.5) is 21.9 Å². The number of methoxy groups -OCH3 is 1. The van der Waals surface area contributed by atoms with E-state index < -0.39 is 0 Å². The number of amides is 3.